The zero-order chi connectivity index (χ0) is 14.1. The molecule has 1 aromatic heterocycles. The molecule has 3 rings (SSSR count). The Morgan fingerprint density at radius 1 is 1.60 bits per heavy atom. The highest BCUT2D eigenvalue weighted by Crippen LogP contribution is 2.33. The number of fused-ring (bicyclic) bond motifs is 1. The molecule has 8 heteroatoms. The van der Waals surface area contributed by atoms with Gasteiger partial charge in [-0.2, -0.15) is 0 Å². The SMILES string of the molecule is [N-]=[N+]=NC1CC(n2cnc3c(N)cccc32)OC1CO. The van der Waals surface area contributed by atoms with Gasteiger partial charge >= 0.3 is 0 Å². The van der Waals surface area contributed by atoms with Crippen molar-refractivity contribution >= 4 is 16.7 Å². The summed E-state index contributed by atoms with van der Waals surface area (Å²) < 4.78 is 7.58. The molecule has 0 amide bonds. The van der Waals surface area contributed by atoms with Gasteiger partial charge in [0.1, 0.15) is 11.7 Å². The number of imidazole rings is 1. The average Bonchev–Trinajstić information content (AvgIpc) is 3.03. The molecule has 1 fully saturated rings. The van der Waals surface area contributed by atoms with Gasteiger partial charge in [-0.3, -0.25) is 0 Å². The van der Waals surface area contributed by atoms with E-state index in [9.17, 15) is 5.11 Å². The van der Waals surface area contributed by atoms with Crippen molar-refractivity contribution in [2.75, 3.05) is 12.3 Å². The van der Waals surface area contributed by atoms with E-state index < -0.39 is 6.10 Å². The third kappa shape index (κ3) is 1.96. The Kier molecular flexibility index (Phi) is 3.19. The van der Waals surface area contributed by atoms with E-state index in [0.717, 1.165) is 5.52 Å². The first-order valence-electron chi connectivity index (χ1n) is 6.26. The lowest BCUT2D eigenvalue weighted by molar-refractivity contribution is -0.0230. The van der Waals surface area contributed by atoms with Gasteiger partial charge in [0, 0.05) is 11.3 Å². The summed E-state index contributed by atoms with van der Waals surface area (Å²) in [6, 6.07) is 5.15. The molecule has 0 radical (unpaired) electrons. The van der Waals surface area contributed by atoms with E-state index in [1.54, 1.807) is 12.4 Å². The Balaban J connectivity index is 1.96. The Bertz CT molecular complexity index is 678. The van der Waals surface area contributed by atoms with Crippen LogP contribution in [0.15, 0.2) is 29.6 Å². The van der Waals surface area contributed by atoms with Crippen LogP contribution in [0.3, 0.4) is 0 Å². The average molecular weight is 274 g/mol. The lowest BCUT2D eigenvalue weighted by atomic mass is 10.1. The summed E-state index contributed by atoms with van der Waals surface area (Å²) in [4.78, 5) is 7.07. The summed E-state index contributed by atoms with van der Waals surface area (Å²) in [5.74, 6) is 0. The van der Waals surface area contributed by atoms with Crippen LogP contribution in [-0.2, 0) is 4.74 Å². The summed E-state index contributed by atoms with van der Waals surface area (Å²) in [5, 5.41) is 13.0. The largest absolute Gasteiger partial charge is 0.397 e. The van der Waals surface area contributed by atoms with E-state index in [1.807, 2.05) is 16.7 Å². The van der Waals surface area contributed by atoms with E-state index in [-0.39, 0.29) is 18.9 Å². The van der Waals surface area contributed by atoms with Gasteiger partial charge in [0.15, 0.2) is 0 Å². The van der Waals surface area contributed by atoms with Crippen molar-refractivity contribution in [3.8, 4) is 0 Å². The van der Waals surface area contributed by atoms with Crippen LogP contribution in [0.25, 0.3) is 21.5 Å². The summed E-state index contributed by atoms with van der Waals surface area (Å²) in [6.45, 7) is -0.186. The lowest BCUT2D eigenvalue weighted by Gasteiger charge is -2.14. The molecule has 2 aromatic rings. The van der Waals surface area contributed by atoms with Crippen LogP contribution in [0.2, 0.25) is 0 Å². The van der Waals surface area contributed by atoms with Crippen molar-refractivity contribution in [1.29, 1.82) is 0 Å². The predicted octanol–water partition coefficient (Wildman–Crippen LogP) is 1.58. The minimum atomic E-state index is -0.491. The van der Waals surface area contributed by atoms with E-state index in [4.69, 9.17) is 16.0 Å². The minimum Gasteiger partial charge on any atom is -0.397 e. The van der Waals surface area contributed by atoms with E-state index in [0.29, 0.717) is 17.6 Å². The second-order valence-electron chi connectivity index (χ2n) is 4.69. The van der Waals surface area contributed by atoms with E-state index in [1.165, 1.54) is 0 Å². The Morgan fingerprint density at radius 2 is 2.45 bits per heavy atom. The summed E-state index contributed by atoms with van der Waals surface area (Å²) in [5.41, 5.74) is 16.6. The fraction of sp³-hybridized carbons (Fsp3) is 0.417. The molecule has 1 aromatic carbocycles. The molecular formula is C12H14N6O2. The van der Waals surface area contributed by atoms with Gasteiger partial charge in [0.05, 0.1) is 36.3 Å². The molecular weight excluding hydrogens is 260 g/mol. The molecule has 1 aliphatic rings. The van der Waals surface area contributed by atoms with Crippen molar-refractivity contribution in [3.63, 3.8) is 0 Å². The van der Waals surface area contributed by atoms with Crippen LogP contribution in [0, 0.1) is 0 Å². The fourth-order valence-electron chi connectivity index (χ4n) is 2.55. The number of rotatable bonds is 3. The molecule has 2 heterocycles. The third-order valence-electron chi connectivity index (χ3n) is 3.53. The summed E-state index contributed by atoms with van der Waals surface area (Å²) in [6.07, 6.45) is 1.33. The minimum absolute atomic E-state index is 0.186. The number of benzene rings is 1. The lowest BCUT2D eigenvalue weighted by Crippen LogP contribution is -2.22. The van der Waals surface area contributed by atoms with E-state index in [2.05, 4.69) is 15.0 Å². The number of hydrogen-bond donors (Lipinski definition) is 2. The fourth-order valence-corrected chi connectivity index (χ4v) is 2.55. The first kappa shape index (κ1) is 12.7. The van der Waals surface area contributed by atoms with Gasteiger partial charge in [-0.05, 0) is 17.7 Å². The highest BCUT2D eigenvalue weighted by atomic mass is 16.5. The number of para-hydroxylation sites is 1. The molecule has 3 unspecified atom stereocenters. The van der Waals surface area contributed by atoms with E-state index >= 15 is 0 Å². The number of nitrogens with zero attached hydrogens (tertiary/aromatic N) is 5. The number of ether oxygens (including phenoxy) is 1. The molecule has 8 nitrogen and oxygen atoms in total. The molecule has 3 atom stereocenters. The van der Waals surface area contributed by atoms with Gasteiger partial charge in [-0.1, -0.05) is 11.2 Å². The monoisotopic (exact) mass is 274 g/mol. The van der Waals surface area contributed by atoms with Gasteiger partial charge in [0.2, 0.25) is 0 Å². The molecule has 1 aliphatic heterocycles. The molecule has 0 saturated carbocycles. The summed E-state index contributed by atoms with van der Waals surface area (Å²) in [7, 11) is 0. The Labute approximate surface area is 114 Å². The van der Waals surface area contributed by atoms with Crippen LogP contribution in [0.1, 0.15) is 12.6 Å². The number of hydrogen-bond acceptors (Lipinski definition) is 5. The molecule has 3 N–H and O–H groups in total. The standard InChI is InChI=1S/C12H14N6O2/c13-7-2-1-3-9-12(7)15-6-18(9)11-4-8(16-17-14)10(5-19)20-11/h1-3,6,8,10-11,19H,4-5,13H2. The number of aromatic nitrogens is 2. The van der Waals surface area contributed by atoms with Crippen LogP contribution in [-0.4, -0.2) is 33.4 Å². The Morgan fingerprint density at radius 3 is 3.20 bits per heavy atom. The zero-order valence-electron chi connectivity index (χ0n) is 10.6. The maximum atomic E-state index is 9.28. The van der Waals surface area contributed by atoms with Crippen LogP contribution in [0.4, 0.5) is 5.69 Å². The maximum Gasteiger partial charge on any atom is 0.136 e. The van der Waals surface area contributed by atoms with Gasteiger partial charge in [-0.25, -0.2) is 4.98 Å². The van der Waals surface area contributed by atoms with Crippen molar-refractivity contribution in [1.82, 2.24) is 9.55 Å². The first-order valence-corrected chi connectivity index (χ1v) is 6.26. The second kappa shape index (κ2) is 5.01. The van der Waals surface area contributed by atoms with Gasteiger partial charge in [0.25, 0.3) is 0 Å². The first-order chi connectivity index (χ1) is 9.74. The highest BCUT2D eigenvalue weighted by Gasteiger charge is 2.35. The Hall–Kier alpha value is -2.28. The third-order valence-corrected chi connectivity index (χ3v) is 3.53. The number of aliphatic hydroxyl groups is 1. The van der Waals surface area contributed by atoms with Crippen LogP contribution in [0.5, 0.6) is 0 Å². The van der Waals surface area contributed by atoms with Crippen LogP contribution >= 0.6 is 0 Å². The van der Waals surface area contributed by atoms with Crippen molar-refractivity contribution in [3.05, 3.63) is 35.0 Å². The zero-order valence-corrected chi connectivity index (χ0v) is 10.6. The summed E-state index contributed by atoms with van der Waals surface area (Å²) >= 11 is 0. The molecule has 0 bridgehead atoms. The van der Waals surface area contributed by atoms with Gasteiger partial charge < -0.3 is 20.1 Å². The molecule has 104 valence electrons. The number of azide groups is 1. The molecule has 1 saturated heterocycles. The van der Waals surface area contributed by atoms with Gasteiger partial charge in [-0.15, -0.1) is 0 Å². The quantitative estimate of drug-likeness (QED) is 0.381. The normalized spacial score (nSPS) is 25.8. The highest BCUT2D eigenvalue weighted by molar-refractivity contribution is 5.87. The molecule has 20 heavy (non-hydrogen) atoms. The smallest absolute Gasteiger partial charge is 0.136 e. The van der Waals surface area contributed by atoms with Crippen molar-refractivity contribution < 1.29 is 9.84 Å². The number of nitrogens with two attached hydrogens (primary N) is 1. The van der Waals surface area contributed by atoms with Crippen molar-refractivity contribution in [2.24, 2.45) is 5.11 Å². The predicted molar refractivity (Wildman–Crippen MR) is 72.7 cm³/mol. The van der Waals surface area contributed by atoms with Crippen molar-refractivity contribution in [2.45, 2.75) is 24.8 Å². The molecule has 0 spiro atoms. The number of nitrogen functional groups attached to an aromatic ring is 1. The number of aliphatic hydroxyl groups excluding tert-OH is 1. The van der Waals surface area contributed by atoms with Crippen LogP contribution < -0.4 is 5.73 Å². The second-order valence-corrected chi connectivity index (χ2v) is 4.69. The topological polar surface area (TPSA) is 122 Å². The molecule has 0 aliphatic carbocycles. The number of anilines is 1. The maximum absolute atomic E-state index is 9.28.